The summed E-state index contributed by atoms with van der Waals surface area (Å²) in [6.07, 6.45) is 5.57. The molecule has 7 heteroatoms. The van der Waals surface area contributed by atoms with Crippen LogP contribution in [0.2, 0.25) is 0 Å². The van der Waals surface area contributed by atoms with Crippen molar-refractivity contribution >= 4 is 0 Å². The lowest BCUT2D eigenvalue weighted by atomic mass is 9.96. The molecule has 2 rings (SSSR count). The molecule has 0 amide bonds. The van der Waals surface area contributed by atoms with Gasteiger partial charge in [0.15, 0.2) is 0 Å². The van der Waals surface area contributed by atoms with Crippen LogP contribution in [0.25, 0.3) is 0 Å². The van der Waals surface area contributed by atoms with Crippen LogP contribution in [0.5, 0.6) is 5.75 Å². The monoisotopic (exact) mass is 470 g/mol. The number of benzene rings is 2. The zero-order valence-corrected chi connectivity index (χ0v) is 20.7. The quantitative estimate of drug-likeness (QED) is 0.172. The largest absolute Gasteiger partial charge is 0.489 e. The zero-order chi connectivity index (χ0) is 24.4. The van der Waals surface area contributed by atoms with Crippen molar-refractivity contribution in [3.05, 3.63) is 65.2 Å². The van der Waals surface area contributed by atoms with Gasteiger partial charge in [-0.25, -0.2) is 0 Å². The molecule has 0 fully saturated rings. The van der Waals surface area contributed by atoms with Crippen molar-refractivity contribution in [1.82, 2.24) is 10.6 Å². The van der Waals surface area contributed by atoms with Crippen molar-refractivity contribution in [3.63, 3.8) is 0 Å². The van der Waals surface area contributed by atoms with Gasteiger partial charge in [-0.1, -0.05) is 36.4 Å². The van der Waals surface area contributed by atoms with Gasteiger partial charge in [0.05, 0.1) is 0 Å². The Morgan fingerprint density at radius 2 is 1.18 bits per heavy atom. The maximum absolute atomic E-state index is 6.23. The second-order valence-electron chi connectivity index (χ2n) is 8.91. The molecule has 0 aliphatic carbocycles. The Kier molecular flexibility index (Phi) is 14.5. The molecule has 0 heterocycles. The molecular weight excluding hydrogens is 424 g/mol. The maximum Gasteiger partial charge on any atom is 0.120 e. The van der Waals surface area contributed by atoms with E-state index in [1.54, 1.807) is 0 Å². The molecule has 10 N–H and O–H groups in total. The van der Waals surface area contributed by atoms with Crippen LogP contribution in [0, 0.1) is 0 Å². The van der Waals surface area contributed by atoms with E-state index in [0.717, 1.165) is 62.9 Å². The van der Waals surface area contributed by atoms with Crippen molar-refractivity contribution in [1.29, 1.82) is 0 Å². The number of hydrogen-bond acceptors (Lipinski definition) is 7. The van der Waals surface area contributed by atoms with E-state index < -0.39 is 0 Å². The highest BCUT2D eigenvalue weighted by Crippen LogP contribution is 2.22. The Hall–Kier alpha value is -2.00. The van der Waals surface area contributed by atoms with Crippen LogP contribution < -0.4 is 38.3 Å². The Balaban J connectivity index is 2.18. The molecule has 0 spiro atoms. The minimum Gasteiger partial charge on any atom is -0.489 e. The first-order valence-electron chi connectivity index (χ1n) is 12.7. The first-order valence-corrected chi connectivity index (χ1v) is 12.7. The van der Waals surface area contributed by atoms with Crippen LogP contribution >= 0.6 is 0 Å². The molecule has 0 bridgehead atoms. The number of rotatable bonds is 19. The second kappa shape index (κ2) is 17.4. The Morgan fingerprint density at radius 1 is 0.647 bits per heavy atom. The first-order chi connectivity index (χ1) is 16.7. The van der Waals surface area contributed by atoms with Gasteiger partial charge in [0, 0.05) is 12.1 Å². The predicted molar refractivity (Wildman–Crippen MR) is 143 cm³/mol. The predicted octanol–water partition coefficient (Wildman–Crippen LogP) is 1.66. The summed E-state index contributed by atoms with van der Waals surface area (Å²) in [7, 11) is 0. The van der Waals surface area contributed by atoms with Gasteiger partial charge in [0.2, 0.25) is 0 Å². The van der Waals surface area contributed by atoms with Crippen molar-refractivity contribution < 1.29 is 4.74 Å². The Morgan fingerprint density at radius 3 is 1.65 bits per heavy atom. The average Bonchev–Trinajstić information content (AvgIpc) is 2.84. The van der Waals surface area contributed by atoms with E-state index >= 15 is 0 Å². The molecule has 190 valence electrons. The number of hydrogen-bond donors (Lipinski definition) is 6. The molecule has 2 atom stereocenters. The molecule has 2 unspecified atom stereocenters. The molecule has 0 saturated heterocycles. The van der Waals surface area contributed by atoms with Crippen molar-refractivity contribution in [2.24, 2.45) is 22.9 Å². The topological polar surface area (TPSA) is 137 Å². The van der Waals surface area contributed by atoms with E-state index in [-0.39, 0.29) is 0 Å². The van der Waals surface area contributed by atoms with Crippen LogP contribution in [-0.2, 0) is 19.4 Å². The highest BCUT2D eigenvalue weighted by molar-refractivity contribution is 5.36. The van der Waals surface area contributed by atoms with E-state index in [9.17, 15) is 0 Å². The Labute approximate surface area is 206 Å². The fourth-order valence-corrected chi connectivity index (χ4v) is 4.13. The highest BCUT2D eigenvalue weighted by Gasteiger charge is 2.14. The van der Waals surface area contributed by atoms with Crippen LogP contribution in [0.4, 0.5) is 0 Å². The molecule has 34 heavy (non-hydrogen) atoms. The maximum atomic E-state index is 6.23. The van der Waals surface area contributed by atoms with E-state index in [4.69, 9.17) is 27.7 Å². The fraction of sp³-hybridized carbons (Fsp3) is 0.556. The number of ether oxygens (including phenoxy) is 1. The zero-order valence-electron chi connectivity index (χ0n) is 20.7. The van der Waals surface area contributed by atoms with Crippen molar-refractivity contribution in [2.45, 2.75) is 57.2 Å². The molecule has 7 nitrogen and oxygen atoms in total. The van der Waals surface area contributed by atoms with Crippen molar-refractivity contribution in [3.8, 4) is 5.75 Å². The summed E-state index contributed by atoms with van der Waals surface area (Å²) in [6, 6.07) is 17.5. The normalized spacial score (nSPS) is 13.1. The average molecular weight is 471 g/mol. The van der Waals surface area contributed by atoms with E-state index in [0.29, 0.717) is 44.9 Å². The lowest BCUT2D eigenvalue weighted by Gasteiger charge is -2.21. The van der Waals surface area contributed by atoms with Crippen LogP contribution in [0.15, 0.2) is 48.5 Å². The molecule has 0 radical (unpaired) electrons. The summed E-state index contributed by atoms with van der Waals surface area (Å²) in [5, 5.41) is 7.24. The third kappa shape index (κ3) is 11.4. The van der Waals surface area contributed by atoms with Gasteiger partial charge >= 0.3 is 0 Å². The third-order valence-electron chi connectivity index (χ3n) is 5.90. The lowest BCUT2D eigenvalue weighted by molar-refractivity contribution is 0.305. The number of nitrogens with two attached hydrogens (primary N) is 4. The van der Waals surface area contributed by atoms with Gasteiger partial charge in [-0.2, -0.15) is 0 Å². The minimum atomic E-state index is 0.316. The summed E-state index contributed by atoms with van der Waals surface area (Å²) < 4.78 is 6.23. The Bertz CT molecular complexity index is 733. The number of nitrogens with one attached hydrogen (secondary N) is 2. The van der Waals surface area contributed by atoms with Crippen LogP contribution in [-0.4, -0.2) is 51.4 Å². The standard InChI is InChI=1S/C27H46N6O/c28-10-4-14-32-25(8-12-30)17-23-16-24(18-26(9-13-31)33-15-5-11-29)20-27(19-23)34-21-22-6-2-1-3-7-22/h1-3,6-7,16,19-20,25-26,32-33H,4-5,8-15,17-18,21,28-31H2. The summed E-state index contributed by atoms with van der Waals surface area (Å²) in [5.41, 5.74) is 26.8. The second-order valence-corrected chi connectivity index (χ2v) is 8.91. The highest BCUT2D eigenvalue weighted by atomic mass is 16.5. The summed E-state index contributed by atoms with van der Waals surface area (Å²) in [6.45, 7) is 5.04. The summed E-state index contributed by atoms with van der Waals surface area (Å²) in [4.78, 5) is 0. The van der Waals surface area contributed by atoms with E-state index in [1.165, 1.54) is 11.1 Å². The van der Waals surface area contributed by atoms with Crippen LogP contribution in [0.3, 0.4) is 0 Å². The van der Waals surface area contributed by atoms with Gasteiger partial charge < -0.3 is 38.3 Å². The molecular formula is C27H46N6O. The van der Waals surface area contributed by atoms with E-state index in [2.05, 4.69) is 41.0 Å². The SMILES string of the molecule is NCCCNC(CCN)Cc1cc(CC(CCN)NCCCN)cc(OCc2ccccc2)c1. The smallest absolute Gasteiger partial charge is 0.120 e. The van der Waals surface area contributed by atoms with Crippen LogP contribution in [0.1, 0.15) is 42.4 Å². The summed E-state index contributed by atoms with van der Waals surface area (Å²) in [5.74, 6) is 0.901. The van der Waals surface area contributed by atoms with E-state index in [1.807, 2.05) is 18.2 Å². The fourth-order valence-electron chi connectivity index (χ4n) is 4.13. The summed E-state index contributed by atoms with van der Waals surface area (Å²) >= 11 is 0. The molecule has 0 saturated carbocycles. The van der Waals surface area contributed by atoms with Gasteiger partial charge in [0.25, 0.3) is 0 Å². The third-order valence-corrected chi connectivity index (χ3v) is 5.90. The van der Waals surface area contributed by atoms with Gasteiger partial charge in [-0.3, -0.25) is 0 Å². The molecule has 2 aromatic rings. The molecule has 0 aliphatic heterocycles. The molecule has 2 aromatic carbocycles. The first kappa shape index (κ1) is 28.2. The molecule has 0 aliphatic rings. The minimum absolute atomic E-state index is 0.316. The van der Waals surface area contributed by atoms with Gasteiger partial charge in [-0.15, -0.1) is 0 Å². The van der Waals surface area contributed by atoms with Crippen molar-refractivity contribution in [2.75, 3.05) is 39.3 Å². The van der Waals surface area contributed by atoms with Gasteiger partial charge in [-0.05, 0) is 107 Å². The molecule has 0 aromatic heterocycles. The van der Waals surface area contributed by atoms with Gasteiger partial charge in [0.1, 0.15) is 12.4 Å². The lowest BCUT2D eigenvalue weighted by Crippen LogP contribution is -2.35.